The molecule has 0 saturated heterocycles. The molecule has 0 atom stereocenters. The van der Waals surface area contributed by atoms with E-state index in [2.05, 4.69) is 56.6 Å². The van der Waals surface area contributed by atoms with E-state index in [-0.39, 0.29) is 6.61 Å². The third-order valence-corrected chi connectivity index (χ3v) is 5.71. The molecule has 2 N–H and O–H groups in total. The van der Waals surface area contributed by atoms with Crippen molar-refractivity contribution < 1.29 is 19.1 Å². The number of ether oxygens (including phenoxy) is 2. The van der Waals surface area contributed by atoms with E-state index >= 15 is 0 Å². The number of nitrogens with one attached hydrogen (secondary N) is 2. The van der Waals surface area contributed by atoms with Crippen molar-refractivity contribution in [1.29, 1.82) is 0 Å². The second-order valence-corrected chi connectivity index (χ2v) is 8.89. The molecule has 0 fully saturated rings. The number of hydrazine groups is 1. The van der Waals surface area contributed by atoms with Crippen LogP contribution in [0.3, 0.4) is 0 Å². The monoisotopic (exact) mass is 548 g/mol. The molecule has 0 heterocycles. The van der Waals surface area contributed by atoms with E-state index in [1.54, 1.807) is 24.3 Å². The highest BCUT2D eigenvalue weighted by Crippen LogP contribution is 2.33. The summed E-state index contributed by atoms with van der Waals surface area (Å²) < 4.78 is 12.7. The minimum absolute atomic E-state index is 0.247. The maximum absolute atomic E-state index is 12.3. The molecular weight excluding hydrogens is 528 g/mol. The van der Waals surface area contributed by atoms with Crippen molar-refractivity contribution >= 4 is 54.4 Å². The topological polar surface area (TPSA) is 76.7 Å². The predicted octanol–water partition coefficient (Wildman–Crippen LogP) is 5.24. The van der Waals surface area contributed by atoms with Crippen LogP contribution in [0.4, 0.5) is 0 Å². The Kier molecular flexibility index (Phi) is 7.92. The highest BCUT2D eigenvalue weighted by atomic mass is 79.9. The number of carbonyl (C=O) groups is 2. The van der Waals surface area contributed by atoms with Gasteiger partial charge >= 0.3 is 0 Å². The smallest absolute Gasteiger partial charge is 0.276 e. The van der Waals surface area contributed by atoms with Crippen molar-refractivity contribution in [3.8, 4) is 11.5 Å². The van der Waals surface area contributed by atoms with E-state index in [1.165, 1.54) is 0 Å². The predicted molar refractivity (Wildman–Crippen MR) is 127 cm³/mol. The number of carbonyl (C=O) groups excluding carboxylic acids is 2. The Morgan fingerprint density at radius 3 is 2.42 bits per heavy atom. The summed E-state index contributed by atoms with van der Waals surface area (Å²) >= 11 is 6.92. The lowest BCUT2D eigenvalue weighted by Gasteiger charge is -2.13. The Morgan fingerprint density at radius 2 is 1.68 bits per heavy atom. The van der Waals surface area contributed by atoms with Crippen LogP contribution in [0, 0.1) is 5.92 Å². The highest BCUT2D eigenvalue weighted by molar-refractivity contribution is 9.11. The molecule has 8 heteroatoms. The first-order valence-electron chi connectivity index (χ1n) is 9.66. The molecule has 2 amide bonds. The van der Waals surface area contributed by atoms with Crippen molar-refractivity contribution in [3.63, 3.8) is 0 Å². The third kappa shape index (κ3) is 6.21. The molecule has 162 valence electrons. The minimum atomic E-state index is -0.482. The third-order valence-electron chi connectivity index (χ3n) is 4.27. The Bertz CT molecular complexity index is 1100. The molecule has 0 spiro atoms. The van der Waals surface area contributed by atoms with Crippen molar-refractivity contribution in [2.75, 3.05) is 13.2 Å². The fourth-order valence-electron chi connectivity index (χ4n) is 2.72. The summed E-state index contributed by atoms with van der Waals surface area (Å²) in [6.45, 7) is 4.44. The van der Waals surface area contributed by atoms with Gasteiger partial charge in [0.2, 0.25) is 0 Å². The second kappa shape index (κ2) is 10.6. The summed E-state index contributed by atoms with van der Waals surface area (Å²) in [4.78, 5) is 24.4. The molecule has 3 aromatic rings. The summed E-state index contributed by atoms with van der Waals surface area (Å²) in [5.41, 5.74) is 5.12. The van der Waals surface area contributed by atoms with Gasteiger partial charge < -0.3 is 9.47 Å². The van der Waals surface area contributed by atoms with Crippen LogP contribution in [0.15, 0.2) is 63.5 Å². The van der Waals surface area contributed by atoms with Gasteiger partial charge in [0.1, 0.15) is 11.5 Å². The lowest BCUT2D eigenvalue weighted by Crippen LogP contribution is -2.43. The molecule has 0 saturated carbocycles. The van der Waals surface area contributed by atoms with Crippen LogP contribution in [0.1, 0.15) is 24.2 Å². The van der Waals surface area contributed by atoms with Gasteiger partial charge in [-0.05, 0) is 72.8 Å². The summed E-state index contributed by atoms with van der Waals surface area (Å²) in [5.74, 6) is 0.660. The van der Waals surface area contributed by atoms with Gasteiger partial charge in [-0.25, -0.2) is 0 Å². The number of rotatable bonds is 7. The van der Waals surface area contributed by atoms with Gasteiger partial charge in [0, 0.05) is 5.56 Å². The number of hydrogen-bond donors (Lipinski definition) is 2. The number of benzene rings is 3. The van der Waals surface area contributed by atoms with Gasteiger partial charge in [-0.3, -0.25) is 20.4 Å². The summed E-state index contributed by atoms with van der Waals surface area (Å²) in [7, 11) is 0. The van der Waals surface area contributed by atoms with Gasteiger partial charge in [-0.2, -0.15) is 0 Å². The zero-order valence-corrected chi connectivity index (χ0v) is 20.2. The molecule has 0 bridgehead atoms. The molecule has 3 rings (SSSR count). The highest BCUT2D eigenvalue weighted by Gasteiger charge is 2.12. The first-order valence-corrected chi connectivity index (χ1v) is 11.3. The quantitative estimate of drug-likeness (QED) is 0.395. The largest absolute Gasteiger partial charge is 0.492 e. The van der Waals surface area contributed by atoms with Crippen LogP contribution >= 0.6 is 31.9 Å². The van der Waals surface area contributed by atoms with E-state index in [0.29, 0.717) is 34.1 Å². The van der Waals surface area contributed by atoms with Crippen molar-refractivity contribution in [2.24, 2.45) is 5.92 Å². The van der Waals surface area contributed by atoms with E-state index in [9.17, 15) is 9.59 Å². The normalized spacial score (nSPS) is 10.7. The standard InChI is InChI=1S/C23H22Br2N2O4/c1-14(2)12-30-19-9-8-16(11-18(19)24)23(29)27-26-21(28)13-31-20-10-7-15-5-3-4-6-17(15)22(20)25/h3-11,14H,12-13H2,1-2H3,(H,26,28)(H,27,29). The molecule has 0 aliphatic rings. The lowest BCUT2D eigenvalue weighted by atomic mass is 10.1. The van der Waals surface area contributed by atoms with Crippen LogP contribution in [0.2, 0.25) is 0 Å². The first kappa shape index (κ1) is 23.1. The molecule has 3 aromatic carbocycles. The molecule has 0 unspecified atom stereocenters. The van der Waals surface area contributed by atoms with Crippen LogP contribution in [0.25, 0.3) is 10.8 Å². The van der Waals surface area contributed by atoms with Gasteiger partial charge in [-0.1, -0.05) is 44.2 Å². The minimum Gasteiger partial charge on any atom is -0.492 e. The number of amides is 2. The zero-order chi connectivity index (χ0) is 22.4. The maximum Gasteiger partial charge on any atom is 0.276 e. The fraction of sp³-hybridized carbons (Fsp3) is 0.217. The van der Waals surface area contributed by atoms with Crippen molar-refractivity contribution in [2.45, 2.75) is 13.8 Å². The average Bonchev–Trinajstić information content (AvgIpc) is 2.76. The Morgan fingerprint density at radius 1 is 0.935 bits per heavy atom. The van der Waals surface area contributed by atoms with Gasteiger partial charge in [0.15, 0.2) is 6.61 Å². The summed E-state index contributed by atoms with van der Waals surface area (Å²) in [6.07, 6.45) is 0. The average molecular weight is 550 g/mol. The van der Waals surface area contributed by atoms with E-state index in [1.807, 2.05) is 30.3 Å². The van der Waals surface area contributed by atoms with Crippen LogP contribution in [-0.4, -0.2) is 25.0 Å². The number of fused-ring (bicyclic) bond motifs is 1. The summed E-state index contributed by atoms with van der Waals surface area (Å²) in [5, 5.41) is 2.05. The second-order valence-electron chi connectivity index (χ2n) is 7.24. The molecule has 31 heavy (non-hydrogen) atoms. The van der Waals surface area contributed by atoms with E-state index < -0.39 is 11.8 Å². The molecule has 0 aliphatic heterocycles. The van der Waals surface area contributed by atoms with E-state index in [0.717, 1.165) is 15.2 Å². The Balaban J connectivity index is 1.52. The SMILES string of the molecule is CC(C)COc1ccc(C(=O)NNC(=O)COc2ccc3ccccc3c2Br)cc1Br. The van der Waals surface area contributed by atoms with Gasteiger partial charge in [0.25, 0.3) is 11.8 Å². The molecule has 6 nitrogen and oxygen atoms in total. The Hall–Kier alpha value is -2.58. The Labute approximate surface area is 197 Å². The van der Waals surface area contributed by atoms with Crippen LogP contribution in [0.5, 0.6) is 11.5 Å². The first-order chi connectivity index (χ1) is 14.8. The molecule has 0 aromatic heterocycles. The molecule has 0 aliphatic carbocycles. The van der Waals surface area contributed by atoms with Crippen LogP contribution < -0.4 is 20.3 Å². The molecule has 0 radical (unpaired) electrons. The van der Waals surface area contributed by atoms with Gasteiger partial charge in [-0.15, -0.1) is 0 Å². The molecular formula is C23H22Br2N2O4. The maximum atomic E-state index is 12.3. The number of halogens is 2. The number of hydrogen-bond acceptors (Lipinski definition) is 4. The van der Waals surface area contributed by atoms with Gasteiger partial charge in [0.05, 0.1) is 15.6 Å². The fourth-order valence-corrected chi connectivity index (χ4v) is 3.82. The van der Waals surface area contributed by atoms with E-state index in [4.69, 9.17) is 9.47 Å². The zero-order valence-electron chi connectivity index (χ0n) is 17.1. The van der Waals surface area contributed by atoms with Crippen molar-refractivity contribution in [1.82, 2.24) is 10.9 Å². The summed E-state index contributed by atoms with van der Waals surface area (Å²) in [6, 6.07) is 16.5. The van der Waals surface area contributed by atoms with Crippen molar-refractivity contribution in [3.05, 3.63) is 69.1 Å². The lowest BCUT2D eigenvalue weighted by molar-refractivity contribution is -0.123. The van der Waals surface area contributed by atoms with Crippen LogP contribution in [-0.2, 0) is 4.79 Å².